The van der Waals surface area contributed by atoms with Crippen molar-refractivity contribution in [2.75, 3.05) is 5.32 Å². The molecule has 1 fully saturated rings. The van der Waals surface area contributed by atoms with Crippen LogP contribution in [0.15, 0.2) is 55.0 Å². The summed E-state index contributed by atoms with van der Waals surface area (Å²) in [6.45, 7) is 1.95. The Morgan fingerprint density at radius 1 is 1.14 bits per heavy atom. The van der Waals surface area contributed by atoms with E-state index < -0.39 is 11.9 Å². The number of rotatable bonds is 5. The smallest absolute Gasteiger partial charge is 0.382 e. The van der Waals surface area contributed by atoms with E-state index in [1.807, 2.05) is 19.1 Å². The number of aromatic nitrogens is 4. The Hall–Kier alpha value is -3.66. The van der Waals surface area contributed by atoms with Gasteiger partial charge < -0.3 is 10.6 Å². The van der Waals surface area contributed by atoms with Crippen molar-refractivity contribution in [2.45, 2.75) is 50.9 Å². The topological polar surface area (TPSA) is 84.7 Å². The van der Waals surface area contributed by atoms with E-state index in [2.05, 4.69) is 25.7 Å². The molecule has 1 saturated carbocycles. The summed E-state index contributed by atoms with van der Waals surface area (Å²) in [5.41, 5.74) is 0.999. The molecule has 1 amide bonds. The second-order valence-electron chi connectivity index (χ2n) is 9.26. The zero-order valence-corrected chi connectivity index (χ0v) is 20.6. The van der Waals surface area contributed by atoms with E-state index in [1.54, 1.807) is 23.1 Å². The van der Waals surface area contributed by atoms with Crippen molar-refractivity contribution in [2.24, 2.45) is 0 Å². The second kappa shape index (κ2) is 10.0. The average molecular weight is 529 g/mol. The van der Waals surface area contributed by atoms with Crippen LogP contribution in [0.5, 0.6) is 0 Å². The molecule has 3 heterocycles. The van der Waals surface area contributed by atoms with Gasteiger partial charge in [0.1, 0.15) is 5.69 Å². The summed E-state index contributed by atoms with van der Waals surface area (Å²) >= 11 is 6.11. The number of carbonyl (C=O) groups is 1. The van der Waals surface area contributed by atoms with E-state index in [4.69, 9.17) is 11.6 Å². The number of benzene rings is 1. The molecule has 0 unspecified atom stereocenters. The highest BCUT2D eigenvalue weighted by molar-refractivity contribution is 6.31. The summed E-state index contributed by atoms with van der Waals surface area (Å²) in [5, 5.41) is 11.5. The van der Waals surface area contributed by atoms with Crippen LogP contribution in [0.1, 0.15) is 47.3 Å². The van der Waals surface area contributed by atoms with Crippen molar-refractivity contribution in [3.05, 3.63) is 76.8 Å². The summed E-state index contributed by atoms with van der Waals surface area (Å²) in [6, 6.07) is 9.10. The van der Waals surface area contributed by atoms with Crippen molar-refractivity contribution < 1.29 is 18.0 Å². The largest absolute Gasteiger partial charge is 0.433 e. The molecule has 1 aliphatic carbocycles. The van der Waals surface area contributed by atoms with Crippen LogP contribution in [0.3, 0.4) is 0 Å². The van der Waals surface area contributed by atoms with Gasteiger partial charge in [-0.05, 0) is 74.6 Å². The summed E-state index contributed by atoms with van der Waals surface area (Å²) in [4.78, 5) is 20.9. The molecule has 0 saturated heterocycles. The van der Waals surface area contributed by atoms with Gasteiger partial charge in [-0.15, -0.1) is 0 Å². The van der Waals surface area contributed by atoms with Gasteiger partial charge in [0.2, 0.25) is 0 Å². The summed E-state index contributed by atoms with van der Waals surface area (Å²) in [6.07, 6.45) is 3.12. The fourth-order valence-electron chi connectivity index (χ4n) is 4.61. The van der Waals surface area contributed by atoms with Gasteiger partial charge in [0.25, 0.3) is 5.91 Å². The van der Waals surface area contributed by atoms with E-state index in [0.717, 1.165) is 30.9 Å². The van der Waals surface area contributed by atoms with E-state index in [1.165, 1.54) is 18.3 Å². The summed E-state index contributed by atoms with van der Waals surface area (Å²) < 4.78 is 42.0. The quantitative estimate of drug-likeness (QED) is 0.334. The number of nitrogens with zero attached hydrogens (tertiary/aromatic N) is 4. The molecule has 5 rings (SSSR count). The number of aryl methyl sites for hydroxylation is 1. The minimum absolute atomic E-state index is 0.135. The number of halogens is 4. The minimum atomic E-state index is -4.58. The standard InChI is InChI=1S/C26H24ClF3N6O/c1-15-7-8-31-24(9-15)36-14-16(13-32-36)25(37)34-19-4-2-3-18(11-19)33-22-12-23(26(28,29)30)35-21-6-5-17(27)10-20(21)22/h5-10,12-14,18-19H,2-4,11H2,1H3,(H,33,35)(H,34,37)/t18-,19+/m0/s1. The lowest BCUT2D eigenvalue weighted by Crippen LogP contribution is -2.41. The van der Waals surface area contributed by atoms with Crippen LogP contribution in [0.4, 0.5) is 18.9 Å². The fraction of sp³-hybridized carbons (Fsp3) is 0.308. The molecule has 4 aromatic rings. The Labute approximate surface area is 216 Å². The van der Waals surface area contributed by atoms with Crippen molar-refractivity contribution in [3.63, 3.8) is 0 Å². The summed E-state index contributed by atoms with van der Waals surface area (Å²) in [5.74, 6) is 0.356. The van der Waals surface area contributed by atoms with Gasteiger partial charge in [-0.1, -0.05) is 11.6 Å². The first-order valence-corrected chi connectivity index (χ1v) is 12.3. The predicted octanol–water partition coefficient (Wildman–Crippen LogP) is 5.95. The maximum absolute atomic E-state index is 13.5. The fourth-order valence-corrected chi connectivity index (χ4v) is 4.79. The maximum atomic E-state index is 13.5. The van der Waals surface area contributed by atoms with Crippen molar-refractivity contribution in [1.29, 1.82) is 0 Å². The molecule has 3 aromatic heterocycles. The highest BCUT2D eigenvalue weighted by atomic mass is 35.5. The Bertz CT molecular complexity index is 1450. The predicted molar refractivity (Wildman–Crippen MR) is 135 cm³/mol. The van der Waals surface area contributed by atoms with Gasteiger partial charge in [-0.3, -0.25) is 4.79 Å². The van der Waals surface area contributed by atoms with Crippen molar-refractivity contribution in [1.82, 2.24) is 25.1 Å². The van der Waals surface area contributed by atoms with Crippen molar-refractivity contribution >= 4 is 34.1 Å². The van der Waals surface area contributed by atoms with Gasteiger partial charge in [-0.2, -0.15) is 18.3 Å². The van der Waals surface area contributed by atoms with E-state index >= 15 is 0 Å². The number of hydrogen-bond acceptors (Lipinski definition) is 5. The SMILES string of the molecule is Cc1ccnc(-n2cc(C(=O)N[C@@H]3CCC[C@H](Nc4cc(C(F)(F)F)nc5ccc(Cl)cc45)C3)cn2)c1. The minimum Gasteiger partial charge on any atom is -0.382 e. The molecule has 1 aromatic carbocycles. The lowest BCUT2D eigenvalue weighted by Gasteiger charge is -2.31. The first kappa shape index (κ1) is 25.0. The number of fused-ring (bicyclic) bond motifs is 1. The molecular weight excluding hydrogens is 505 g/mol. The van der Waals surface area contributed by atoms with Crippen LogP contribution in [0.25, 0.3) is 16.7 Å². The second-order valence-corrected chi connectivity index (χ2v) is 9.69. The van der Waals surface area contributed by atoms with E-state index in [0.29, 0.717) is 33.9 Å². The highest BCUT2D eigenvalue weighted by Crippen LogP contribution is 2.35. The number of carbonyl (C=O) groups excluding carboxylic acids is 1. The maximum Gasteiger partial charge on any atom is 0.433 e. The van der Waals surface area contributed by atoms with Gasteiger partial charge in [0.15, 0.2) is 5.82 Å². The van der Waals surface area contributed by atoms with Gasteiger partial charge in [-0.25, -0.2) is 14.6 Å². The number of anilines is 1. The average Bonchev–Trinajstić information content (AvgIpc) is 3.35. The van der Waals surface area contributed by atoms with Crippen LogP contribution in [-0.4, -0.2) is 37.7 Å². The van der Waals surface area contributed by atoms with Crippen LogP contribution >= 0.6 is 11.6 Å². The third kappa shape index (κ3) is 5.69. The number of hydrogen-bond donors (Lipinski definition) is 2. The molecule has 11 heteroatoms. The van der Waals surface area contributed by atoms with Crippen LogP contribution in [0.2, 0.25) is 5.02 Å². The normalized spacial score (nSPS) is 18.1. The highest BCUT2D eigenvalue weighted by Gasteiger charge is 2.34. The zero-order valence-electron chi connectivity index (χ0n) is 19.9. The molecular formula is C26H24ClF3N6O. The van der Waals surface area contributed by atoms with Gasteiger partial charge in [0, 0.05) is 40.6 Å². The van der Waals surface area contributed by atoms with E-state index in [-0.39, 0.29) is 23.5 Å². The molecule has 1 aliphatic rings. The molecule has 0 aliphatic heterocycles. The van der Waals surface area contributed by atoms with Crippen LogP contribution in [0, 0.1) is 6.92 Å². The molecule has 0 spiro atoms. The number of pyridine rings is 2. The summed E-state index contributed by atoms with van der Waals surface area (Å²) in [7, 11) is 0. The first-order chi connectivity index (χ1) is 17.7. The van der Waals surface area contributed by atoms with Crippen LogP contribution < -0.4 is 10.6 Å². The molecule has 0 bridgehead atoms. The third-order valence-electron chi connectivity index (χ3n) is 6.41. The van der Waals surface area contributed by atoms with Gasteiger partial charge in [0.05, 0.1) is 17.3 Å². The zero-order chi connectivity index (χ0) is 26.2. The molecule has 192 valence electrons. The number of amides is 1. The molecule has 2 atom stereocenters. The first-order valence-electron chi connectivity index (χ1n) is 11.9. The van der Waals surface area contributed by atoms with Crippen LogP contribution in [-0.2, 0) is 6.18 Å². The van der Waals surface area contributed by atoms with Gasteiger partial charge >= 0.3 is 6.18 Å². The third-order valence-corrected chi connectivity index (χ3v) is 6.65. The molecule has 2 N–H and O–H groups in total. The molecule has 37 heavy (non-hydrogen) atoms. The van der Waals surface area contributed by atoms with E-state index in [9.17, 15) is 18.0 Å². The van der Waals surface area contributed by atoms with Crippen molar-refractivity contribution in [3.8, 4) is 5.82 Å². The lowest BCUT2D eigenvalue weighted by molar-refractivity contribution is -0.140. The Morgan fingerprint density at radius 3 is 2.73 bits per heavy atom. The monoisotopic (exact) mass is 528 g/mol. The molecule has 0 radical (unpaired) electrons. The Balaban J connectivity index is 1.30. The molecule has 7 nitrogen and oxygen atoms in total. The number of alkyl halides is 3. The Morgan fingerprint density at radius 2 is 1.95 bits per heavy atom. The number of nitrogens with one attached hydrogen (secondary N) is 2. The Kier molecular flexibility index (Phi) is 6.76. The lowest BCUT2D eigenvalue weighted by atomic mass is 9.90.